The topological polar surface area (TPSA) is 33.6 Å². The van der Waals surface area contributed by atoms with Crippen LogP contribution in [0, 0.1) is 4.77 Å². The fraction of sp³-hybridized carbons (Fsp3) is 0.200. The molecule has 0 radical (unpaired) electrons. The molecule has 1 heterocycles. The van der Waals surface area contributed by atoms with Gasteiger partial charge in [-0.05, 0) is 24.7 Å². The molecule has 1 aromatic heterocycles. The molecule has 0 bridgehead atoms. The van der Waals surface area contributed by atoms with Crippen molar-refractivity contribution >= 4 is 12.2 Å². The molecule has 2 aromatic rings. The highest BCUT2D eigenvalue weighted by Gasteiger charge is 2.07. The lowest BCUT2D eigenvalue weighted by molar-refractivity contribution is 0.628. The summed E-state index contributed by atoms with van der Waals surface area (Å²) in [4.78, 5) is 0. The summed E-state index contributed by atoms with van der Waals surface area (Å²) in [5.41, 5.74) is 1.23. The maximum absolute atomic E-state index is 5.11. The first kappa shape index (κ1) is 9.15. The summed E-state index contributed by atoms with van der Waals surface area (Å²) in [5, 5.41) is 6.65. The molecule has 0 unspecified atom stereocenters. The van der Waals surface area contributed by atoms with E-state index in [1.54, 1.807) is 6.33 Å². The number of nitrogens with zero attached hydrogens (tertiary/aromatic N) is 2. The van der Waals surface area contributed by atoms with Crippen molar-refractivity contribution in [2.24, 2.45) is 0 Å². The van der Waals surface area contributed by atoms with Gasteiger partial charge in [0.05, 0.1) is 6.04 Å². The lowest BCUT2D eigenvalue weighted by Gasteiger charge is -2.12. The van der Waals surface area contributed by atoms with E-state index in [-0.39, 0.29) is 6.04 Å². The lowest BCUT2D eigenvalue weighted by Crippen LogP contribution is -2.05. The van der Waals surface area contributed by atoms with Crippen LogP contribution in [-0.2, 0) is 0 Å². The van der Waals surface area contributed by atoms with Crippen molar-refractivity contribution in [1.82, 2.24) is 14.8 Å². The minimum Gasteiger partial charge on any atom is -0.299 e. The van der Waals surface area contributed by atoms with Gasteiger partial charge in [0.1, 0.15) is 6.33 Å². The third-order valence-corrected chi connectivity index (χ3v) is 2.58. The summed E-state index contributed by atoms with van der Waals surface area (Å²) < 4.78 is 2.59. The predicted octanol–water partition coefficient (Wildman–Crippen LogP) is 2.55. The minimum absolute atomic E-state index is 0.224. The molecular formula is C10H11N3S. The SMILES string of the molecule is C[C@@H](c1ccccc1)n1cn[nH]c1=S. The van der Waals surface area contributed by atoms with Crippen molar-refractivity contribution in [2.45, 2.75) is 13.0 Å². The zero-order valence-corrected chi connectivity index (χ0v) is 8.66. The van der Waals surface area contributed by atoms with Crippen LogP contribution in [0.5, 0.6) is 0 Å². The van der Waals surface area contributed by atoms with E-state index < -0.39 is 0 Å². The Morgan fingerprint density at radius 2 is 2.07 bits per heavy atom. The Morgan fingerprint density at radius 1 is 1.36 bits per heavy atom. The Morgan fingerprint density at radius 3 is 2.64 bits per heavy atom. The molecule has 72 valence electrons. The molecule has 0 saturated carbocycles. The van der Waals surface area contributed by atoms with Crippen LogP contribution in [0.25, 0.3) is 0 Å². The largest absolute Gasteiger partial charge is 0.299 e. The molecule has 0 aliphatic carbocycles. The van der Waals surface area contributed by atoms with E-state index in [4.69, 9.17) is 12.2 Å². The van der Waals surface area contributed by atoms with Gasteiger partial charge in [0, 0.05) is 0 Å². The van der Waals surface area contributed by atoms with E-state index in [0.29, 0.717) is 4.77 Å². The van der Waals surface area contributed by atoms with Crippen molar-refractivity contribution < 1.29 is 0 Å². The number of aromatic amines is 1. The van der Waals surface area contributed by atoms with Crippen LogP contribution in [0.3, 0.4) is 0 Å². The maximum Gasteiger partial charge on any atom is 0.195 e. The Hall–Kier alpha value is -1.42. The lowest BCUT2D eigenvalue weighted by atomic mass is 10.1. The normalized spacial score (nSPS) is 12.6. The monoisotopic (exact) mass is 205 g/mol. The molecule has 0 aliphatic heterocycles. The van der Waals surface area contributed by atoms with E-state index in [1.165, 1.54) is 5.56 Å². The van der Waals surface area contributed by atoms with Crippen molar-refractivity contribution in [3.05, 3.63) is 47.0 Å². The number of aromatic nitrogens is 3. The molecule has 3 nitrogen and oxygen atoms in total. The second-order valence-corrected chi connectivity index (χ2v) is 3.54. The van der Waals surface area contributed by atoms with Crippen molar-refractivity contribution in [1.29, 1.82) is 0 Å². The van der Waals surface area contributed by atoms with Gasteiger partial charge in [0.15, 0.2) is 4.77 Å². The Balaban J connectivity index is 2.39. The fourth-order valence-corrected chi connectivity index (χ4v) is 1.68. The van der Waals surface area contributed by atoms with Crippen LogP contribution < -0.4 is 0 Å². The van der Waals surface area contributed by atoms with E-state index >= 15 is 0 Å². The van der Waals surface area contributed by atoms with Gasteiger partial charge in [-0.15, -0.1) is 0 Å². The van der Waals surface area contributed by atoms with Gasteiger partial charge in [0.25, 0.3) is 0 Å². The molecular weight excluding hydrogens is 194 g/mol. The number of rotatable bonds is 2. The van der Waals surface area contributed by atoms with Crippen LogP contribution in [0.1, 0.15) is 18.5 Å². The molecule has 0 aliphatic rings. The highest BCUT2D eigenvalue weighted by Crippen LogP contribution is 2.16. The molecule has 2 rings (SSSR count). The van der Waals surface area contributed by atoms with Gasteiger partial charge in [-0.25, -0.2) is 0 Å². The highest BCUT2D eigenvalue weighted by molar-refractivity contribution is 7.71. The zero-order valence-electron chi connectivity index (χ0n) is 7.84. The average molecular weight is 205 g/mol. The standard InChI is InChI=1S/C10H11N3S/c1-8(9-5-3-2-4-6-9)13-7-11-12-10(13)14/h2-8H,1H3,(H,12,14)/t8-/m0/s1. The predicted molar refractivity (Wildman–Crippen MR) is 57.7 cm³/mol. The maximum atomic E-state index is 5.11. The summed E-state index contributed by atoms with van der Waals surface area (Å²) in [5.74, 6) is 0. The number of nitrogens with one attached hydrogen (secondary N) is 1. The third kappa shape index (κ3) is 1.61. The summed E-state index contributed by atoms with van der Waals surface area (Å²) in [7, 11) is 0. The summed E-state index contributed by atoms with van der Waals surface area (Å²) in [6, 6.07) is 10.4. The third-order valence-electron chi connectivity index (χ3n) is 2.28. The van der Waals surface area contributed by atoms with Crippen molar-refractivity contribution in [3.63, 3.8) is 0 Å². The van der Waals surface area contributed by atoms with Crippen LogP contribution in [0.2, 0.25) is 0 Å². The van der Waals surface area contributed by atoms with Crippen LogP contribution in [0.15, 0.2) is 36.7 Å². The van der Waals surface area contributed by atoms with E-state index in [1.807, 2.05) is 22.8 Å². The summed E-state index contributed by atoms with van der Waals surface area (Å²) >= 11 is 5.11. The van der Waals surface area contributed by atoms with Crippen LogP contribution in [-0.4, -0.2) is 14.8 Å². The van der Waals surface area contributed by atoms with Gasteiger partial charge in [-0.1, -0.05) is 30.3 Å². The number of hydrogen-bond donors (Lipinski definition) is 1. The molecule has 1 atom stereocenters. The molecule has 0 fully saturated rings. The first-order valence-corrected chi connectivity index (χ1v) is 4.86. The zero-order chi connectivity index (χ0) is 9.97. The Labute approximate surface area is 87.4 Å². The van der Waals surface area contributed by atoms with Gasteiger partial charge in [0.2, 0.25) is 0 Å². The quantitative estimate of drug-likeness (QED) is 0.764. The van der Waals surface area contributed by atoms with Crippen molar-refractivity contribution in [2.75, 3.05) is 0 Å². The second-order valence-electron chi connectivity index (χ2n) is 3.16. The molecule has 0 spiro atoms. The summed E-state index contributed by atoms with van der Waals surface area (Å²) in [6.45, 7) is 2.10. The minimum atomic E-state index is 0.224. The second kappa shape index (κ2) is 3.75. The van der Waals surface area contributed by atoms with Crippen LogP contribution >= 0.6 is 12.2 Å². The highest BCUT2D eigenvalue weighted by atomic mass is 32.1. The van der Waals surface area contributed by atoms with Crippen LogP contribution in [0.4, 0.5) is 0 Å². The van der Waals surface area contributed by atoms with Gasteiger partial charge < -0.3 is 0 Å². The van der Waals surface area contributed by atoms with Gasteiger partial charge in [-0.2, -0.15) is 5.10 Å². The molecule has 0 saturated heterocycles. The Bertz CT molecular complexity index is 457. The first-order valence-electron chi connectivity index (χ1n) is 4.45. The molecule has 14 heavy (non-hydrogen) atoms. The van der Waals surface area contributed by atoms with Crippen molar-refractivity contribution in [3.8, 4) is 0 Å². The number of hydrogen-bond acceptors (Lipinski definition) is 2. The fourth-order valence-electron chi connectivity index (χ4n) is 1.42. The van der Waals surface area contributed by atoms with Gasteiger partial charge in [-0.3, -0.25) is 9.67 Å². The molecule has 1 aromatic carbocycles. The smallest absolute Gasteiger partial charge is 0.195 e. The first-order chi connectivity index (χ1) is 6.79. The Kier molecular flexibility index (Phi) is 2.45. The average Bonchev–Trinajstić information content (AvgIpc) is 2.65. The van der Waals surface area contributed by atoms with Gasteiger partial charge >= 0.3 is 0 Å². The molecule has 1 N–H and O–H groups in total. The number of benzene rings is 1. The molecule has 4 heteroatoms. The van der Waals surface area contributed by atoms with E-state index in [2.05, 4.69) is 29.3 Å². The van der Waals surface area contributed by atoms with E-state index in [9.17, 15) is 0 Å². The number of H-pyrrole nitrogens is 1. The van der Waals surface area contributed by atoms with E-state index in [0.717, 1.165) is 0 Å². The summed E-state index contributed by atoms with van der Waals surface area (Å²) in [6.07, 6.45) is 1.72. The molecule has 0 amide bonds.